The van der Waals surface area contributed by atoms with Gasteiger partial charge in [0.15, 0.2) is 17.3 Å². The molecule has 10 heteroatoms. The first kappa shape index (κ1) is 25.4. The lowest BCUT2D eigenvalue weighted by atomic mass is 9.99. The summed E-state index contributed by atoms with van der Waals surface area (Å²) in [6.07, 6.45) is 0.0826. The number of carbonyl (C=O) groups excluding carboxylic acids is 2. The summed E-state index contributed by atoms with van der Waals surface area (Å²) < 4.78 is 25.6. The summed E-state index contributed by atoms with van der Waals surface area (Å²) in [4.78, 5) is 37.1. The second-order valence-corrected chi connectivity index (χ2v) is 10.3. The molecule has 2 N–H and O–H groups in total. The van der Waals surface area contributed by atoms with Crippen molar-refractivity contribution >= 4 is 29.5 Å². The Hall–Kier alpha value is -3.27. The SMILES string of the molecule is CN1CCc2ccc(N(C(=O)OC(C)(C)C)c3nc(N)c(F)c(C(=O)OC(C)(C)C)n3)cc2C1. The first-order valence-electron chi connectivity index (χ1n) is 11.0. The van der Waals surface area contributed by atoms with Gasteiger partial charge >= 0.3 is 12.1 Å². The van der Waals surface area contributed by atoms with Gasteiger partial charge in [-0.1, -0.05) is 6.07 Å². The zero-order valence-electron chi connectivity index (χ0n) is 20.7. The summed E-state index contributed by atoms with van der Waals surface area (Å²) in [6, 6.07) is 5.51. The van der Waals surface area contributed by atoms with E-state index >= 15 is 0 Å². The van der Waals surface area contributed by atoms with Crippen molar-refractivity contribution in [3.05, 3.63) is 40.8 Å². The summed E-state index contributed by atoms with van der Waals surface area (Å²) in [5.41, 5.74) is 6.00. The molecule has 0 fully saturated rings. The average molecular weight is 474 g/mol. The fourth-order valence-electron chi connectivity index (χ4n) is 3.45. The first-order valence-corrected chi connectivity index (χ1v) is 11.0. The van der Waals surface area contributed by atoms with Crippen LogP contribution < -0.4 is 10.6 Å². The van der Waals surface area contributed by atoms with Gasteiger partial charge in [-0.15, -0.1) is 0 Å². The predicted octanol–water partition coefficient (Wildman–Crippen LogP) is 4.21. The molecule has 0 atom stereocenters. The molecule has 9 nitrogen and oxygen atoms in total. The highest BCUT2D eigenvalue weighted by atomic mass is 19.1. The van der Waals surface area contributed by atoms with Crippen LogP contribution >= 0.6 is 0 Å². The van der Waals surface area contributed by atoms with E-state index in [2.05, 4.69) is 14.9 Å². The van der Waals surface area contributed by atoms with Crippen molar-refractivity contribution in [3.8, 4) is 0 Å². The van der Waals surface area contributed by atoms with Crippen molar-refractivity contribution < 1.29 is 23.5 Å². The smallest absolute Gasteiger partial charge is 0.421 e. The molecule has 1 aliphatic heterocycles. The second-order valence-electron chi connectivity index (χ2n) is 10.3. The van der Waals surface area contributed by atoms with E-state index in [1.165, 1.54) is 5.56 Å². The van der Waals surface area contributed by atoms with E-state index in [-0.39, 0.29) is 5.95 Å². The Labute approximate surface area is 199 Å². The number of nitrogens with zero attached hydrogens (tertiary/aromatic N) is 4. The van der Waals surface area contributed by atoms with Crippen molar-refractivity contribution in [1.82, 2.24) is 14.9 Å². The fourth-order valence-corrected chi connectivity index (χ4v) is 3.45. The molecule has 0 radical (unpaired) electrons. The Morgan fingerprint density at radius 2 is 1.71 bits per heavy atom. The largest absolute Gasteiger partial charge is 0.455 e. The number of fused-ring (bicyclic) bond motifs is 1. The third-order valence-corrected chi connectivity index (χ3v) is 4.88. The standard InChI is InChI=1S/C24H32FN5O4/c1-23(2,3)33-20(31)18-17(25)19(26)28-21(27-18)30(22(32)34-24(4,5)6)16-9-8-14-10-11-29(7)13-15(14)12-16/h8-9,12H,10-11,13H2,1-7H3,(H2,26,27,28). The first-order chi connectivity index (χ1) is 15.6. The van der Waals surface area contributed by atoms with Gasteiger partial charge in [-0.25, -0.2) is 23.9 Å². The highest BCUT2D eigenvalue weighted by molar-refractivity contribution is 5.96. The summed E-state index contributed by atoms with van der Waals surface area (Å²) in [6.45, 7) is 11.7. The van der Waals surface area contributed by atoms with E-state index in [9.17, 15) is 14.0 Å². The number of hydrogen-bond acceptors (Lipinski definition) is 8. The molecule has 0 unspecified atom stereocenters. The van der Waals surface area contributed by atoms with E-state index in [0.29, 0.717) is 12.2 Å². The molecular formula is C24H32FN5O4. The molecule has 0 spiro atoms. The molecule has 1 amide bonds. The highest BCUT2D eigenvalue weighted by Gasteiger charge is 2.32. The molecule has 0 saturated heterocycles. The number of carbonyl (C=O) groups is 2. The Balaban J connectivity index is 2.13. The molecule has 34 heavy (non-hydrogen) atoms. The number of benzene rings is 1. The van der Waals surface area contributed by atoms with Crippen LogP contribution in [0.2, 0.25) is 0 Å². The molecule has 2 aromatic rings. The van der Waals surface area contributed by atoms with Crippen molar-refractivity contribution in [2.24, 2.45) is 0 Å². The zero-order chi connectivity index (χ0) is 25.4. The second kappa shape index (κ2) is 9.17. The maximum absolute atomic E-state index is 14.7. The molecule has 0 aliphatic carbocycles. The Morgan fingerprint density at radius 1 is 1.06 bits per heavy atom. The molecule has 0 saturated carbocycles. The van der Waals surface area contributed by atoms with Crippen LogP contribution in [0.4, 0.5) is 26.6 Å². The van der Waals surface area contributed by atoms with Crippen LogP contribution in [0.15, 0.2) is 18.2 Å². The molecular weight excluding hydrogens is 441 g/mol. The molecule has 1 aromatic heterocycles. The van der Waals surface area contributed by atoms with Crippen LogP contribution in [0.1, 0.15) is 63.2 Å². The minimum absolute atomic E-state index is 0.293. The van der Waals surface area contributed by atoms with E-state index in [0.717, 1.165) is 23.4 Å². The third-order valence-electron chi connectivity index (χ3n) is 4.88. The van der Waals surface area contributed by atoms with Crippen molar-refractivity contribution in [1.29, 1.82) is 0 Å². The maximum atomic E-state index is 14.7. The quantitative estimate of drug-likeness (QED) is 0.660. The van der Waals surface area contributed by atoms with Gasteiger partial charge < -0.3 is 20.1 Å². The predicted molar refractivity (Wildman–Crippen MR) is 126 cm³/mol. The number of amides is 1. The Kier molecular flexibility index (Phi) is 6.84. The summed E-state index contributed by atoms with van der Waals surface area (Å²) in [5, 5.41) is 0. The monoisotopic (exact) mass is 473 g/mol. The minimum Gasteiger partial charge on any atom is -0.455 e. The van der Waals surface area contributed by atoms with Crippen molar-refractivity contribution in [2.45, 2.75) is 65.7 Å². The van der Waals surface area contributed by atoms with Crippen LogP contribution in [0.25, 0.3) is 0 Å². The van der Waals surface area contributed by atoms with Crippen molar-refractivity contribution in [3.63, 3.8) is 0 Å². The van der Waals surface area contributed by atoms with Crippen LogP contribution in [0.3, 0.4) is 0 Å². The number of nitrogens with two attached hydrogens (primary N) is 1. The van der Waals surface area contributed by atoms with Crippen LogP contribution in [-0.4, -0.2) is 51.7 Å². The number of rotatable bonds is 3. The summed E-state index contributed by atoms with van der Waals surface area (Å²) in [7, 11) is 2.01. The molecule has 2 heterocycles. The lowest BCUT2D eigenvalue weighted by Gasteiger charge is -2.29. The van der Waals surface area contributed by atoms with Gasteiger partial charge in [0.2, 0.25) is 5.95 Å². The number of ether oxygens (including phenoxy) is 2. The van der Waals surface area contributed by atoms with Gasteiger partial charge in [-0.2, -0.15) is 4.98 Å². The van der Waals surface area contributed by atoms with Gasteiger partial charge in [0.1, 0.15) is 11.2 Å². The Morgan fingerprint density at radius 3 is 2.32 bits per heavy atom. The van der Waals surface area contributed by atoms with Crippen molar-refractivity contribution in [2.75, 3.05) is 24.2 Å². The third kappa shape index (κ3) is 5.99. The molecule has 1 aliphatic rings. The highest BCUT2D eigenvalue weighted by Crippen LogP contribution is 2.31. The van der Waals surface area contributed by atoms with Gasteiger partial charge in [-0.3, -0.25) is 0 Å². The molecule has 1 aromatic carbocycles. The number of aromatic nitrogens is 2. The topological polar surface area (TPSA) is 111 Å². The maximum Gasteiger partial charge on any atom is 0.421 e. The average Bonchev–Trinajstić information content (AvgIpc) is 2.67. The normalized spacial score (nSPS) is 14.4. The van der Waals surface area contributed by atoms with E-state index < -0.39 is 40.6 Å². The molecule has 3 rings (SSSR count). The number of nitrogen functional groups attached to an aromatic ring is 1. The van der Waals surface area contributed by atoms with E-state index in [4.69, 9.17) is 15.2 Å². The lowest BCUT2D eigenvalue weighted by molar-refractivity contribution is 0.00568. The number of anilines is 3. The molecule has 0 bridgehead atoms. The number of hydrogen-bond donors (Lipinski definition) is 1. The minimum atomic E-state index is -1.12. The summed E-state index contributed by atoms with van der Waals surface area (Å²) in [5.74, 6) is -3.01. The van der Waals surface area contributed by atoms with E-state index in [1.54, 1.807) is 47.6 Å². The van der Waals surface area contributed by atoms with Gasteiger partial charge in [0.05, 0.1) is 5.69 Å². The van der Waals surface area contributed by atoms with Gasteiger partial charge in [-0.05, 0) is 78.3 Å². The molecule has 184 valence electrons. The van der Waals surface area contributed by atoms with Crippen LogP contribution in [0, 0.1) is 5.82 Å². The summed E-state index contributed by atoms with van der Waals surface area (Å²) >= 11 is 0. The fraction of sp³-hybridized carbons (Fsp3) is 0.500. The number of likely N-dealkylation sites (N-methyl/N-ethyl adjacent to an activating group) is 1. The lowest BCUT2D eigenvalue weighted by Crippen LogP contribution is -2.36. The number of halogens is 1. The van der Waals surface area contributed by atoms with Gasteiger partial charge in [0.25, 0.3) is 0 Å². The van der Waals surface area contributed by atoms with Crippen LogP contribution in [0.5, 0.6) is 0 Å². The Bertz CT molecular complexity index is 1110. The van der Waals surface area contributed by atoms with Gasteiger partial charge in [0, 0.05) is 13.1 Å². The zero-order valence-corrected chi connectivity index (χ0v) is 20.7. The van der Waals surface area contributed by atoms with Crippen LogP contribution in [-0.2, 0) is 22.4 Å². The number of esters is 1. The van der Waals surface area contributed by atoms with E-state index in [1.807, 2.05) is 19.2 Å².